The van der Waals surface area contributed by atoms with Gasteiger partial charge in [-0.25, -0.2) is 4.98 Å². The molecule has 0 spiro atoms. The number of hydrogen-bond acceptors (Lipinski definition) is 3. The van der Waals surface area contributed by atoms with Gasteiger partial charge in [-0.2, -0.15) is 0 Å². The number of benzene rings is 3. The Bertz CT molecular complexity index is 1340. The molecule has 2 fully saturated rings. The maximum Gasteiger partial charge on any atom is 0.118 e. The lowest BCUT2D eigenvalue weighted by atomic mass is 9.58. The zero-order valence-corrected chi connectivity index (χ0v) is 20.9. The normalized spacial score (nSPS) is 27.2. The number of nitrogens with zero attached hydrogens (tertiary/aromatic N) is 2. The molecule has 3 atom stereocenters. The minimum Gasteiger partial charge on any atom is -0.389 e. The van der Waals surface area contributed by atoms with Crippen LogP contribution in [0, 0.1) is 0 Å². The number of likely N-dealkylation sites (tertiary alicyclic amines) is 1. The number of aliphatic hydroxyl groups is 1. The Morgan fingerprint density at radius 1 is 0.861 bits per heavy atom. The van der Waals surface area contributed by atoms with Crippen molar-refractivity contribution in [1.82, 2.24) is 14.9 Å². The SMILES string of the molecule is O[C@@]1(CCN2CCC(c3ccccc3)(c3nc4ccccc4[nH]3)CC2)C[C@H]2CC[C@@H]1c1ccccc12. The van der Waals surface area contributed by atoms with E-state index in [-0.39, 0.29) is 5.41 Å². The Kier molecular flexibility index (Phi) is 5.30. The van der Waals surface area contributed by atoms with Crippen molar-refractivity contribution in [3.05, 3.63) is 101 Å². The van der Waals surface area contributed by atoms with Crippen molar-refractivity contribution in [2.24, 2.45) is 0 Å². The van der Waals surface area contributed by atoms with Crippen LogP contribution in [0.2, 0.25) is 0 Å². The minimum absolute atomic E-state index is 0.101. The lowest BCUT2D eigenvalue weighted by molar-refractivity contribution is -0.0479. The van der Waals surface area contributed by atoms with Crippen LogP contribution in [0.4, 0.5) is 0 Å². The number of rotatable bonds is 5. The quantitative estimate of drug-likeness (QED) is 0.363. The van der Waals surface area contributed by atoms with E-state index in [4.69, 9.17) is 4.98 Å². The predicted molar refractivity (Wildman–Crippen MR) is 144 cm³/mol. The first-order valence-electron chi connectivity index (χ1n) is 13.7. The van der Waals surface area contributed by atoms with Crippen molar-refractivity contribution < 1.29 is 5.11 Å². The molecule has 4 aromatic rings. The summed E-state index contributed by atoms with van der Waals surface area (Å²) in [7, 11) is 0. The highest BCUT2D eigenvalue weighted by molar-refractivity contribution is 5.75. The number of aromatic nitrogens is 2. The monoisotopic (exact) mass is 477 g/mol. The van der Waals surface area contributed by atoms with Gasteiger partial charge in [-0.05, 0) is 86.4 Å². The van der Waals surface area contributed by atoms with Crippen LogP contribution < -0.4 is 0 Å². The predicted octanol–water partition coefficient (Wildman–Crippen LogP) is 6.13. The lowest BCUT2D eigenvalue weighted by Crippen LogP contribution is -2.49. The van der Waals surface area contributed by atoms with E-state index >= 15 is 0 Å². The summed E-state index contributed by atoms with van der Waals surface area (Å²) in [5.41, 5.74) is 5.74. The fourth-order valence-corrected chi connectivity index (χ4v) is 7.60. The topological polar surface area (TPSA) is 52.1 Å². The molecule has 4 nitrogen and oxygen atoms in total. The molecule has 1 saturated heterocycles. The summed E-state index contributed by atoms with van der Waals surface area (Å²) in [6.45, 7) is 3.01. The first kappa shape index (κ1) is 22.3. The molecule has 3 aliphatic carbocycles. The fraction of sp³-hybridized carbons (Fsp3) is 0.406. The second-order valence-corrected chi connectivity index (χ2v) is 11.4. The maximum absolute atomic E-state index is 11.8. The van der Waals surface area contributed by atoms with E-state index in [0.29, 0.717) is 11.8 Å². The van der Waals surface area contributed by atoms with Gasteiger partial charge in [-0.15, -0.1) is 0 Å². The Balaban J connectivity index is 1.10. The van der Waals surface area contributed by atoms with E-state index < -0.39 is 5.60 Å². The van der Waals surface area contributed by atoms with Crippen LogP contribution in [0.5, 0.6) is 0 Å². The summed E-state index contributed by atoms with van der Waals surface area (Å²) in [5.74, 6) is 1.91. The van der Waals surface area contributed by atoms with Gasteiger partial charge in [0.2, 0.25) is 0 Å². The highest BCUT2D eigenvalue weighted by Gasteiger charge is 2.49. The molecule has 1 aromatic heterocycles. The summed E-state index contributed by atoms with van der Waals surface area (Å²) in [6, 6.07) is 28.1. The average molecular weight is 478 g/mol. The molecule has 1 aliphatic heterocycles. The average Bonchev–Trinajstić information content (AvgIpc) is 3.38. The third-order valence-electron chi connectivity index (χ3n) is 9.60. The van der Waals surface area contributed by atoms with Crippen LogP contribution in [0.25, 0.3) is 11.0 Å². The zero-order valence-electron chi connectivity index (χ0n) is 20.9. The molecule has 2 heterocycles. The molecule has 2 bridgehead atoms. The van der Waals surface area contributed by atoms with Crippen molar-refractivity contribution >= 4 is 11.0 Å². The van der Waals surface area contributed by atoms with Gasteiger partial charge in [0.25, 0.3) is 0 Å². The number of H-pyrrole nitrogens is 1. The number of imidazole rings is 1. The molecule has 184 valence electrons. The van der Waals surface area contributed by atoms with Gasteiger partial charge in [-0.3, -0.25) is 0 Å². The molecule has 0 radical (unpaired) electrons. The number of piperidine rings is 1. The van der Waals surface area contributed by atoms with Crippen molar-refractivity contribution in [3.8, 4) is 0 Å². The fourth-order valence-electron chi connectivity index (χ4n) is 7.60. The smallest absolute Gasteiger partial charge is 0.118 e. The number of para-hydroxylation sites is 2. The first-order chi connectivity index (χ1) is 17.6. The molecule has 36 heavy (non-hydrogen) atoms. The highest BCUT2D eigenvalue weighted by atomic mass is 16.3. The first-order valence-corrected chi connectivity index (χ1v) is 13.7. The van der Waals surface area contributed by atoms with Gasteiger partial charge in [0.1, 0.15) is 5.82 Å². The highest BCUT2D eigenvalue weighted by Crippen LogP contribution is 2.55. The molecule has 1 saturated carbocycles. The van der Waals surface area contributed by atoms with Crippen LogP contribution in [0.15, 0.2) is 78.9 Å². The lowest BCUT2D eigenvalue weighted by Gasteiger charge is -2.50. The molecule has 0 amide bonds. The number of hydrogen-bond donors (Lipinski definition) is 2. The maximum atomic E-state index is 11.8. The number of aromatic amines is 1. The molecule has 2 N–H and O–H groups in total. The van der Waals surface area contributed by atoms with Crippen LogP contribution >= 0.6 is 0 Å². The van der Waals surface area contributed by atoms with Crippen LogP contribution in [0.1, 0.15) is 72.9 Å². The van der Waals surface area contributed by atoms with Gasteiger partial charge in [-0.1, -0.05) is 66.7 Å². The Morgan fingerprint density at radius 2 is 1.58 bits per heavy atom. The van der Waals surface area contributed by atoms with Crippen molar-refractivity contribution in [1.29, 1.82) is 0 Å². The van der Waals surface area contributed by atoms with E-state index in [1.165, 1.54) is 23.1 Å². The molecule has 0 unspecified atom stereocenters. The van der Waals surface area contributed by atoms with Crippen LogP contribution in [-0.4, -0.2) is 45.2 Å². The molecule has 8 rings (SSSR count). The van der Waals surface area contributed by atoms with E-state index in [2.05, 4.69) is 88.7 Å². The summed E-state index contributed by atoms with van der Waals surface area (Å²) in [5, 5.41) is 11.8. The Morgan fingerprint density at radius 3 is 2.39 bits per heavy atom. The van der Waals surface area contributed by atoms with Gasteiger partial charge in [0.15, 0.2) is 0 Å². The third kappa shape index (κ3) is 3.54. The molecular formula is C32H35N3O. The molecule has 3 aromatic carbocycles. The van der Waals surface area contributed by atoms with E-state index in [1.807, 2.05) is 0 Å². The van der Waals surface area contributed by atoms with Crippen molar-refractivity contribution in [3.63, 3.8) is 0 Å². The Labute approximate surface area is 213 Å². The standard InChI is InChI=1S/C32H35N3O/c36-32(22-23-14-15-27(32)26-11-5-4-10-25(23)26)18-21-35-19-16-31(17-20-35,24-8-2-1-3-9-24)30-33-28-12-6-7-13-29(28)34-30/h1-13,23,27,36H,14-22H2,(H,33,34)/t23-,27-,32+/m1/s1. The summed E-state index contributed by atoms with van der Waals surface area (Å²) >= 11 is 0. The number of fused-ring (bicyclic) bond motifs is 3. The second-order valence-electron chi connectivity index (χ2n) is 11.4. The number of nitrogens with one attached hydrogen (secondary N) is 1. The summed E-state index contributed by atoms with van der Waals surface area (Å²) in [4.78, 5) is 11.3. The van der Waals surface area contributed by atoms with Gasteiger partial charge >= 0.3 is 0 Å². The van der Waals surface area contributed by atoms with Crippen LogP contribution in [-0.2, 0) is 5.41 Å². The van der Waals surface area contributed by atoms with Crippen molar-refractivity contribution in [2.75, 3.05) is 19.6 Å². The van der Waals surface area contributed by atoms with Gasteiger partial charge in [0.05, 0.1) is 22.0 Å². The third-order valence-corrected chi connectivity index (χ3v) is 9.60. The summed E-state index contributed by atoms with van der Waals surface area (Å²) < 4.78 is 0. The summed E-state index contributed by atoms with van der Waals surface area (Å²) in [6.07, 6.45) is 6.21. The minimum atomic E-state index is -0.566. The van der Waals surface area contributed by atoms with E-state index in [1.54, 1.807) is 0 Å². The van der Waals surface area contributed by atoms with E-state index in [0.717, 1.165) is 68.6 Å². The Hall–Kier alpha value is -2.95. The second kappa shape index (κ2) is 8.57. The molecular weight excluding hydrogens is 442 g/mol. The van der Waals surface area contributed by atoms with Crippen molar-refractivity contribution in [2.45, 2.75) is 61.4 Å². The molecule has 4 heteroatoms. The van der Waals surface area contributed by atoms with Crippen LogP contribution in [0.3, 0.4) is 0 Å². The largest absolute Gasteiger partial charge is 0.389 e. The van der Waals surface area contributed by atoms with Gasteiger partial charge < -0.3 is 15.0 Å². The van der Waals surface area contributed by atoms with E-state index in [9.17, 15) is 5.11 Å². The van der Waals surface area contributed by atoms with Gasteiger partial charge in [0, 0.05) is 12.5 Å². The zero-order chi connectivity index (χ0) is 24.2. The molecule has 4 aliphatic rings.